The van der Waals surface area contributed by atoms with Gasteiger partial charge in [0.15, 0.2) is 5.82 Å². The van der Waals surface area contributed by atoms with Crippen molar-refractivity contribution in [2.45, 2.75) is 32.6 Å². The first-order valence-corrected chi connectivity index (χ1v) is 5.74. The number of aromatic nitrogens is 2. The van der Waals surface area contributed by atoms with Gasteiger partial charge < -0.3 is 10.7 Å². The van der Waals surface area contributed by atoms with Crippen LogP contribution >= 0.6 is 0 Å². The molecule has 5 heteroatoms. The molecule has 0 radical (unpaired) electrons. The summed E-state index contributed by atoms with van der Waals surface area (Å²) in [7, 11) is 0. The second-order valence-electron chi connectivity index (χ2n) is 4.81. The Morgan fingerprint density at radius 3 is 2.69 bits per heavy atom. The van der Waals surface area contributed by atoms with Crippen LogP contribution in [-0.2, 0) is 0 Å². The molecule has 1 aromatic heterocycles. The Bertz CT molecular complexity index is 346. The summed E-state index contributed by atoms with van der Waals surface area (Å²) in [5.41, 5.74) is 2.90. The highest BCUT2D eigenvalue weighted by Gasteiger charge is 2.28. The van der Waals surface area contributed by atoms with Crippen LogP contribution in [0.5, 0.6) is 0 Å². The van der Waals surface area contributed by atoms with E-state index in [9.17, 15) is 0 Å². The highest BCUT2D eigenvalue weighted by molar-refractivity contribution is 5.40. The van der Waals surface area contributed by atoms with Crippen molar-refractivity contribution in [3.63, 3.8) is 0 Å². The molecule has 0 unspecified atom stereocenters. The van der Waals surface area contributed by atoms with Crippen LogP contribution < -0.4 is 16.6 Å². The molecule has 0 bridgehead atoms. The fourth-order valence-electron chi connectivity index (χ4n) is 2.23. The summed E-state index contributed by atoms with van der Waals surface area (Å²) in [6.07, 6.45) is 8.59. The summed E-state index contributed by atoms with van der Waals surface area (Å²) in [5, 5.41) is 3.33. The zero-order valence-electron chi connectivity index (χ0n) is 9.66. The molecule has 0 spiro atoms. The average Bonchev–Trinajstić information content (AvgIpc) is 2.75. The number of nitrogens with two attached hydrogens (primary N) is 1. The molecule has 4 N–H and O–H groups in total. The van der Waals surface area contributed by atoms with E-state index in [4.69, 9.17) is 5.84 Å². The van der Waals surface area contributed by atoms with Gasteiger partial charge in [0.25, 0.3) is 0 Å². The second-order valence-corrected chi connectivity index (χ2v) is 4.81. The lowest BCUT2D eigenvalue weighted by molar-refractivity contribution is 0.361. The summed E-state index contributed by atoms with van der Waals surface area (Å²) in [5.74, 6) is 6.65. The van der Waals surface area contributed by atoms with E-state index in [2.05, 4.69) is 27.6 Å². The maximum Gasteiger partial charge on any atom is 0.160 e. The van der Waals surface area contributed by atoms with Gasteiger partial charge in [-0.05, 0) is 18.3 Å². The quantitative estimate of drug-likeness (QED) is 0.533. The third-order valence-corrected chi connectivity index (χ3v) is 3.29. The normalized spacial score (nSPS) is 18.4. The summed E-state index contributed by atoms with van der Waals surface area (Å²) < 4.78 is 0. The molecule has 0 aliphatic heterocycles. The molecule has 88 valence electrons. The Morgan fingerprint density at radius 1 is 1.31 bits per heavy atom. The summed E-state index contributed by atoms with van der Waals surface area (Å²) >= 11 is 0. The maximum absolute atomic E-state index is 5.28. The van der Waals surface area contributed by atoms with Gasteiger partial charge in [-0.25, -0.2) is 10.8 Å². The highest BCUT2D eigenvalue weighted by Crippen LogP contribution is 2.37. The van der Waals surface area contributed by atoms with Gasteiger partial charge in [-0.15, -0.1) is 0 Å². The number of nitrogens with one attached hydrogen (secondary N) is 2. The topological polar surface area (TPSA) is 75.9 Å². The number of nitrogens with zero attached hydrogens (tertiary/aromatic N) is 2. The van der Waals surface area contributed by atoms with Crippen molar-refractivity contribution in [2.24, 2.45) is 11.3 Å². The minimum Gasteiger partial charge on any atom is -0.368 e. The van der Waals surface area contributed by atoms with Crippen molar-refractivity contribution in [3.05, 3.63) is 12.4 Å². The average molecular weight is 221 g/mol. The van der Waals surface area contributed by atoms with Crippen molar-refractivity contribution >= 4 is 11.6 Å². The van der Waals surface area contributed by atoms with Gasteiger partial charge in [-0.1, -0.05) is 19.8 Å². The van der Waals surface area contributed by atoms with Gasteiger partial charge in [0, 0.05) is 6.54 Å². The van der Waals surface area contributed by atoms with Crippen molar-refractivity contribution in [1.29, 1.82) is 0 Å². The standard InChI is InChI=1S/C11H19N5/c1-11(4-2-3-5-11)8-14-9-6-13-7-10(15-9)16-12/h6-7H,2-5,8,12H2,1H3,(H2,14,15,16). The Labute approximate surface area is 95.8 Å². The molecule has 5 nitrogen and oxygen atoms in total. The van der Waals surface area contributed by atoms with Crippen LogP contribution in [0.1, 0.15) is 32.6 Å². The van der Waals surface area contributed by atoms with Gasteiger partial charge in [0.2, 0.25) is 0 Å². The molecule has 1 heterocycles. The van der Waals surface area contributed by atoms with Crippen LogP contribution in [0.25, 0.3) is 0 Å². The van der Waals surface area contributed by atoms with E-state index in [1.807, 2.05) is 0 Å². The zero-order chi connectivity index (χ0) is 11.4. The fraction of sp³-hybridized carbons (Fsp3) is 0.636. The van der Waals surface area contributed by atoms with Crippen LogP contribution in [0.2, 0.25) is 0 Å². The number of rotatable bonds is 4. The number of anilines is 2. The fourth-order valence-corrected chi connectivity index (χ4v) is 2.23. The number of hydrogen-bond donors (Lipinski definition) is 3. The van der Waals surface area contributed by atoms with Crippen LogP contribution in [0.4, 0.5) is 11.6 Å². The first-order valence-electron chi connectivity index (χ1n) is 5.74. The van der Waals surface area contributed by atoms with E-state index in [1.165, 1.54) is 25.7 Å². The Balaban J connectivity index is 1.93. The largest absolute Gasteiger partial charge is 0.368 e. The molecule has 0 saturated heterocycles. The first-order chi connectivity index (χ1) is 7.72. The zero-order valence-corrected chi connectivity index (χ0v) is 9.66. The van der Waals surface area contributed by atoms with Crippen LogP contribution in [0.3, 0.4) is 0 Å². The van der Waals surface area contributed by atoms with Gasteiger partial charge >= 0.3 is 0 Å². The van der Waals surface area contributed by atoms with E-state index in [-0.39, 0.29) is 0 Å². The molecule has 1 aromatic rings. The van der Waals surface area contributed by atoms with Crippen molar-refractivity contribution in [2.75, 3.05) is 17.3 Å². The first kappa shape index (κ1) is 11.1. The monoisotopic (exact) mass is 221 g/mol. The third kappa shape index (κ3) is 2.61. The second kappa shape index (κ2) is 4.65. The van der Waals surface area contributed by atoms with Gasteiger partial charge in [0.05, 0.1) is 12.4 Å². The summed E-state index contributed by atoms with van der Waals surface area (Å²) in [6.45, 7) is 3.28. The molecular formula is C11H19N5. The van der Waals surface area contributed by atoms with E-state index in [0.29, 0.717) is 11.2 Å². The molecule has 0 aromatic carbocycles. The number of hydrazine groups is 1. The van der Waals surface area contributed by atoms with E-state index in [1.54, 1.807) is 12.4 Å². The minimum absolute atomic E-state index is 0.411. The third-order valence-electron chi connectivity index (χ3n) is 3.29. The van der Waals surface area contributed by atoms with Crippen molar-refractivity contribution in [3.8, 4) is 0 Å². The smallest absolute Gasteiger partial charge is 0.160 e. The summed E-state index contributed by atoms with van der Waals surface area (Å²) in [6, 6.07) is 0. The van der Waals surface area contributed by atoms with Gasteiger partial charge in [-0.2, -0.15) is 0 Å². The van der Waals surface area contributed by atoms with Crippen LogP contribution in [0.15, 0.2) is 12.4 Å². The lowest BCUT2D eigenvalue weighted by Crippen LogP contribution is -2.23. The predicted molar refractivity (Wildman–Crippen MR) is 64.9 cm³/mol. The van der Waals surface area contributed by atoms with Crippen molar-refractivity contribution < 1.29 is 0 Å². The number of hydrogen-bond acceptors (Lipinski definition) is 5. The molecule has 1 aliphatic carbocycles. The summed E-state index contributed by atoms with van der Waals surface area (Å²) in [4.78, 5) is 8.33. The molecule has 0 amide bonds. The molecule has 1 aliphatic rings. The molecule has 2 rings (SSSR count). The molecular weight excluding hydrogens is 202 g/mol. The van der Waals surface area contributed by atoms with E-state index >= 15 is 0 Å². The van der Waals surface area contributed by atoms with E-state index < -0.39 is 0 Å². The van der Waals surface area contributed by atoms with Crippen molar-refractivity contribution in [1.82, 2.24) is 9.97 Å². The lowest BCUT2D eigenvalue weighted by Gasteiger charge is -2.23. The van der Waals surface area contributed by atoms with E-state index in [0.717, 1.165) is 12.4 Å². The SMILES string of the molecule is CC1(CNc2cncc(NN)n2)CCCC1. The molecule has 1 saturated carbocycles. The molecule has 1 fully saturated rings. The van der Waals surface area contributed by atoms with Crippen LogP contribution in [0, 0.1) is 5.41 Å². The predicted octanol–water partition coefficient (Wildman–Crippen LogP) is 1.75. The Morgan fingerprint density at radius 2 is 2.00 bits per heavy atom. The van der Waals surface area contributed by atoms with Crippen LogP contribution in [-0.4, -0.2) is 16.5 Å². The van der Waals surface area contributed by atoms with Gasteiger partial charge in [-0.3, -0.25) is 4.98 Å². The minimum atomic E-state index is 0.411. The lowest BCUT2D eigenvalue weighted by atomic mass is 9.89. The number of nitrogen functional groups attached to an aromatic ring is 1. The Kier molecular flexibility index (Phi) is 3.24. The highest BCUT2D eigenvalue weighted by atomic mass is 15.3. The maximum atomic E-state index is 5.28. The van der Waals surface area contributed by atoms with Gasteiger partial charge in [0.1, 0.15) is 5.82 Å². The Hall–Kier alpha value is -1.36. The molecule has 16 heavy (non-hydrogen) atoms. The molecule has 0 atom stereocenters.